The minimum absolute atomic E-state index is 0.0249. The molecule has 0 spiro atoms. The number of hydrogen-bond acceptors (Lipinski definition) is 20. The molecule has 24 heteroatoms. The molecule has 5 fully saturated rings. The van der Waals surface area contributed by atoms with Gasteiger partial charge in [0, 0.05) is 77.6 Å². The van der Waals surface area contributed by atoms with E-state index in [0.29, 0.717) is 23.9 Å². The molecule has 5 aliphatic rings. The Morgan fingerprint density at radius 2 is 1.00 bits per heavy atom. The van der Waals surface area contributed by atoms with E-state index < -0.39 is 0 Å². The molecular formula is C66H93BrN18O2S3. The lowest BCUT2D eigenvalue weighted by Crippen LogP contribution is -2.37. The van der Waals surface area contributed by atoms with Crippen LogP contribution < -0.4 is 32.7 Å². The highest BCUT2D eigenvalue weighted by Gasteiger charge is 2.26. The van der Waals surface area contributed by atoms with E-state index in [1.807, 2.05) is 29.2 Å². The predicted octanol–water partition coefficient (Wildman–Crippen LogP) is 14.2. The van der Waals surface area contributed by atoms with E-state index in [1.165, 1.54) is 54.0 Å². The van der Waals surface area contributed by atoms with Crippen LogP contribution in [0.1, 0.15) is 131 Å². The maximum atomic E-state index is 6.03. The van der Waals surface area contributed by atoms with Gasteiger partial charge in [0.05, 0.1) is 73.7 Å². The number of pyridine rings is 3. The summed E-state index contributed by atoms with van der Waals surface area (Å²) in [4.78, 5) is 24.8. The fraction of sp³-hybridized carbons (Fsp3) is 0.545. The van der Waals surface area contributed by atoms with Crippen molar-refractivity contribution in [2.45, 2.75) is 160 Å². The Labute approximate surface area is 550 Å². The molecule has 5 aliphatic heterocycles. The number of fused-ring (bicyclic) bond motifs is 3. The van der Waals surface area contributed by atoms with Crippen molar-refractivity contribution in [3.8, 4) is 31.7 Å². The summed E-state index contributed by atoms with van der Waals surface area (Å²) >= 11 is 8.96. The van der Waals surface area contributed by atoms with Gasteiger partial charge in [-0.05, 0) is 237 Å². The quantitative estimate of drug-likeness (QED) is 0.0638. The Morgan fingerprint density at radius 1 is 0.544 bits per heavy atom. The van der Waals surface area contributed by atoms with Crippen molar-refractivity contribution < 1.29 is 9.47 Å². The average molecular weight is 1350 g/mol. The lowest BCUT2D eigenvalue weighted by Gasteiger charge is -2.30. The van der Waals surface area contributed by atoms with Crippen LogP contribution in [0.4, 0.5) is 28.8 Å². The first-order valence-corrected chi connectivity index (χ1v) is 35.4. The second kappa shape index (κ2) is 29.4. The van der Waals surface area contributed by atoms with Crippen LogP contribution in [0.3, 0.4) is 0 Å². The Kier molecular flexibility index (Phi) is 21.5. The molecule has 9 N–H and O–H groups in total. The molecule has 0 aliphatic carbocycles. The third-order valence-electron chi connectivity index (χ3n) is 16.8. The number of anilines is 5. The summed E-state index contributed by atoms with van der Waals surface area (Å²) in [6.45, 7) is 21.4. The second-order valence-corrected chi connectivity index (χ2v) is 30.9. The number of nitrogens with two attached hydrogens (primary N) is 2. The number of halogens is 1. The van der Waals surface area contributed by atoms with Crippen molar-refractivity contribution in [3.63, 3.8) is 0 Å². The van der Waals surface area contributed by atoms with Gasteiger partial charge >= 0.3 is 0 Å². The Morgan fingerprint density at radius 3 is 1.48 bits per heavy atom. The first kappa shape index (κ1) is 65.7. The van der Waals surface area contributed by atoms with Gasteiger partial charge in [0.25, 0.3) is 0 Å². The van der Waals surface area contributed by atoms with Crippen molar-refractivity contribution in [1.29, 1.82) is 0 Å². The number of nitrogens with zero attached hydrogens (tertiary/aromatic N) is 11. The van der Waals surface area contributed by atoms with Crippen molar-refractivity contribution >= 4 is 109 Å². The first-order chi connectivity index (χ1) is 43.2. The normalized spacial score (nSPS) is 19.6. The van der Waals surface area contributed by atoms with E-state index in [1.54, 1.807) is 40.2 Å². The average Bonchev–Trinajstić information content (AvgIpc) is 1.83. The number of likely N-dealkylation sites (tertiary alicyclic amines) is 3. The number of thiophene rings is 3. The summed E-state index contributed by atoms with van der Waals surface area (Å²) in [7, 11) is 6.53. The summed E-state index contributed by atoms with van der Waals surface area (Å²) in [5, 5.41) is 30.8. The number of rotatable bonds is 11. The van der Waals surface area contributed by atoms with Crippen LogP contribution in [0.5, 0.6) is 0 Å². The molecule has 90 heavy (non-hydrogen) atoms. The number of hydrogen-bond donors (Lipinski definition) is 7. The number of aromatic nitrogens is 9. The molecule has 9 aromatic heterocycles. The van der Waals surface area contributed by atoms with E-state index in [0.717, 1.165) is 165 Å². The number of nitrogens with one attached hydrogen (secondary N) is 5. The molecule has 14 heterocycles. The molecule has 0 aromatic carbocycles. The Hall–Kier alpha value is -5.80. The summed E-state index contributed by atoms with van der Waals surface area (Å²) in [6, 6.07) is 20.2. The van der Waals surface area contributed by atoms with Gasteiger partial charge < -0.3 is 56.9 Å². The lowest BCUT2D eigenvalue weighted by molar-refractivity contribution is -0.0384. The summed E-state index contributed by atoms with van der Waals surface area (Å²) in [6.07, 6.45) is 19.2. The smallest absolute Gasteiger partial charge is 0.150 e. The molecular weight excluding hydrogens is 1250 g/mol. The third-order valence-corrected chi connectivity index (χ3v) is 21.2. The van der Waals surface area contributed by atoms with Crippen LogP contribution in [-0.4, -0.2) is 162 Å². The number of H-pyrrole nitrogens is 1. The molecule has 2 unspecified atom stereocenters. The van der Waals surface area contributed by atoms with Crippen molar-refractivity contribution in [2.24, 2.45) is 5.73 Å². The van der Waals surface area contributed by atoms with Crippen molar-refractivity contribution in [3.05, 3.63) is 77.7 Å². The van der Waals surface area contributed by atoms with Crippen LogP contribution >= 0.6 is 49.9 Å². The molecule has 20 nitrogen and oxygen atoms in total. The largest absolute Gasteiger partial charge is 0.384 e. The van der Waals surface area contributed by atoms with Gasteiger partial charge in [0.15, 0.2) is 12.5 Å². The minimum atomic E-state index is -0.0543. The van der Waals surface area contributed by atoms with E-state index in [4.69, 9.17) is 30.9 Å². The van der Waals surface area contributed by atoms with E-state index in [2.05, 4.69) is 187 Å². The van der Waals surface area contributed by atoms with Crippen molar-refractivity contribution in [1.82, 2.24) is 59.4 Å². The van der Waals surface area contributed by atoms with E-state index >= 15 is 0 Å². The van der Waals surface area contributed by atoms with Crippen molar-refractivity contribution in [2.75, 3.05) is 101 Å². The van der Waals surface area contributed by atoms with Gasteiger partial charge in [-0.3, -0.25) is 5.10 Å². The highest BCUT2D eigenvalue weighted by molar-refractivity contribution is 9.10. The molecule has 2 atom stereocenters. The molecule has 0 saturated carbocycles. The molecule has 5 saturated heterocycles. The molecule has 484 valence electrons. The van der Waals surface area contributed by atoms with Crippen LogP contribution in [0.15, 0.2) is 77.7 Å². The zero-order chi connectivity index (χ0) is 63.1. The molecule has 9 aromatic rings. The van der Waals surface area contributed by atoms with Gasteiger partial charge in [-0.25, -0.2) is 24.3 Å². The number of piperidine rings is 3. The van der Waals surface area contributed by atoms with E-state index in [-0.39, 0.29) is 23.5 Å². The van der Waals surface area contributed by atoms with Crippen LogP contribution in [-0.2, 0) is 9.47 Å². The SMILES string of the molecule is CC(C)(C)Nc1cc(Br)c2sc(-c3ccnn3C3CCCCO3)cc2n1.CN1CCC(N)CC1.CN1CCC(Nc2cc(N)nc3cc(-c4ccn[nH]4)sc23)CC1.CN1CCC(Nc2cc(NC(C)(C)C)nc3cc(-c4ccnn4C4CCCCO4)sc23)CC1. The van der Waals surface area contributed by atoms with Gasteiger partial charge in [0.1, 0.15) is 17.5 Å². The second-order valence-electron chi connectivity index (χ2n) is 26.9. The Bertz CT molecular complexity index is 3720. The van der Waals surface area contributed by atoms with Crippen LogP contribution in [0, 0.1) is 0 Å². The van der Waals surface area contributed by atoms with Gasteiger partial charge in [-0.15, -0.1) is 34.0 Å². The zero-order valence-corrected chi connectivity index (χ0v) is 58.0. The number of nitrogen functional groups attached to an aromatic ring is 1. The molecule has 0 radical (unpaired) electrons. The first-order valence-electron chi connectivity index (χ1n) is 32.2. The monoisotopic (exact) mass is 1340 g/mol. The highest BCUT2D eigenvalue weighted by atomic mass is 79.9. The summed E-state index contributed by atoms with van der Waals surface area (Å²) < 4.78 is 20.6. The lowest BCUT2D eigenvalue weighted by atomic mass is 10.1. The third kappa shape index (κ3) is 17.3. The topological polar surface area (TPSA) is 231 Å². The Balaban J connectivity index is 0.000000132. The maximum Gasteiger partial charge on any atom is 0.150 e. The molecule has 0 bridgehead atoms. The van der Waals surface area contributed by atoms with E-state index in [9.17, 15) is 0 Å². The van der Waals surface area contributed by atoms with Crippen LogP contribution in [0.25, 0.3) is 62.4 Å². The standard InChI is InChI=1S/C25H36N6OS.C19H23BrN4OS.C16H20N6S.C6H14N2/c1-25(2,3)29-22-16-19(27-17-9-12-30(4)13-10-17)24-18(28-22)15-21(33-24)20-8-11-26-31(20)23-7-5-6-14-32-23;1-19(2,3)23-16-10-12(20)18-13(22-16)11-15(26-18)14-7-8-21-24(14)17-6-4-5-9-25-17;1-22-6-3-10(4-7-22)19-13-9-15(17)20-12-8-14(23-16(12)13)11-2-5-18-21-11;1-8-4-2-6(7)3-5-8/h8,11,15-17,23H,5-7,9-10,12-14H2,1-4H3,(H2,27,28,29);7-8,10-11,17H,4-6,9H2,1-3H3,(H,22,23);2,5,8-10H,3-4,6-7H2,1H3,(H,18,21)(H3,17,19,20);6H,2-5,7H2,1H3. The summed E-state index contributed by atoms with van der Waals surface area (Å²) in [5.74, 6) is 2.35. The number of ether oxygens (including phenoxy) is 2. The highest BCUT2D eigenvalue weighted by Crippen LogP contribution is 2.43. The fourth-order valence-corrected chi connectivity index (χ4v) is 15.9. The maximum absolute atomic E-state index is 6.03. The number of aromatic amines is 1. The molecule has 0 amide bonds. The van der Waals surface area contributed by atoms with Gasteiger partial charge in [-0.2, -0.15) is 15.3 Å². The predicted molar refractivity (Wildman–Crippen MR) is 378 cm³/mol. The molecule has 14 rings (SSSR count). The fourth-order valence-electron chi connectivity index (χ4n) is 12.0. The summed E-state index contributed by atoms with van der Waals surface area (Å²) in [5.41, 5.74) is 20.0. The minimum Gasteiger partial charge on any atom is -0.384 e. The van der Waals surface area contributed by atoms with Crippen LogP contribution in [0.2, 0.25) is 0 Å². The van der Waals surface area contributed by atoms with Gasteiger partial charge in [-0.1, -0.05) is 0 Å². The van der Waals surface area contributed by atoms with Gasteiger partial charge in [0.2, 0.25) is 0 Å². The zero-order valence-electron chi connectivity index (χ0n) is 54.0.